The molecule has 1 fully saturated rings. The molecule has 26 heavy (non-hydrogen) atoms. The Hall–Kier alpha value is -2.30. The van der Waals surface area contributed by atoms with Crippen molar-refractivity contribution in [2.45, 2.75) is 13.5 Å². The maximum Gasteiger partial charge on any atom is 0.0649 e. The molecule has 0 spiro atoms. The van der Waals surface area contributed by atoms with Gasteiger partial charge >= 0.3 is 0 Å². The van der Waals surface area contributed by atoms with Crippen molar-refractivity contribution < 1.29 is 0 Å². The molecular formula is C21H23ClN4. The minimum absolute atomic E-state index is 0.798. The molecular weight excluding hydrogens is 344 g/mol. The smallest absolute Gasteiger partial charge is 0.0649 e. The van der Waals surface area contributed by atoms with Crippen LogP contribution in [0.15, 0.2) is 60.7 Å². The summed E-state index contributed by atoms with van der Waals surface area (Å²) in [4.78, 5) is 4.90. The van der Waals surface area contributed by atoms with E-state index in [0.717, 1.165) is 49.1 Å². The highest BCUT2D eigenvalue weighted by Crippen LogP contribution is 2.22. The Labute approximate surface area is 159 Å². The molecule has 1 aliphatic rings. The summed E-state index contributed by atoms with van der Waals surface area (Å²) in [5, 5.41) is 5.48. The number of aromatic nitrogens is 2. The van der Waals surface area contributed by atoms with Crippen molar-refractivity contribution in [1.82, 2.24) is 14.7 Å². The molecule has 0 radical (unpaired) electrons. The number of nitrogens with zero attached hydrogens (tertiary/aromatic N) is 4. The number of hydrogen-bond acceptors (Lipinski definition) is 3. The second-order valence-corrected chi connectivity index (χ2v) is 7.20. The van der Waals surface area contributed by atoms with Crippen LogP contribution >= 0.6 is 11.6 Å². The fourth-order valence-electron chi connectivity index (χ4n) is 3.52. The molecule has 5 heteroatoms. The van der Waals surface area contributed by atoms with Gasteiger partial charge in [0, 0.05) is 43.4 Å². The molecule has 0 aliphatic carbocycles. The number of para-hydroxylation sites is 1. The molecule has 0 unspecified atom stereocenters. The summed E-state index contributed by atoms with van der Waals surface area (Å²) < 4.78 is 2.07. The Morgan fingerprint density at radius 3 is 2.35 bits per heavy atom. The van der Waals surface area contributed by atoms with E-state index in [1.807, 2.05) is 24.3 Å². The van der Waals surface area contributed by atoms with Crippen LogP contribution in [-0.4, -0.2) is 40.9 Å². The Morgan fingerprint density at radius 2 is 1.62 bits per heavy atom. The highest BCUT2D eigenvalue weighted by molar-refractivity contribution is 6.30. The number of benzene rings is 2. The van der Waals surface area contributed by atoms with Crippen LogP contribution in [0, 0.1) is 6.92 Å². The summed E-state index contributed by atoms with van der Waals surface area (Å²) in [6, 6.07) is 20.7. The Balaban J connectivity index is 1.44. The van der Waals surface area contributed by atoms with Gasteiger partial charge in [-0.2, -0.15) is 5.10 Å². The van der Waals surface area contributed by atoms with Crippen LogP contribution < -0.4 is 4.90 Å². The summed E-state index contributed by atoms with van der Waals surface area (Å²) in [6.45, 7) is 7.06. The minimum Gasteiger partial charge on any atom is -0.369 e. The fourth-order valence-corrected chi connectivity index (χ4v) is 3.71. The van der Waals surface area contributed by atoms with Crippen molar-refractivity contribution in [3.05, 3.63) is 77.1 Å². The molecule has 0 amide bonds. The predicted molar refractivity (Wildman–Crippen MR) is 107 cm³/mol. The molecule has 0 saturated carbocycles. The molecule has 0 bridgehead atoms. The highest BCUT2D eigenvalue weighted by Gasteiger charge is 2.19. The van der Waals surface area contributed by atoms with E-state index in [9.17, 15) is 0 Å². The number of halogens is 1. The van der Waals surface area contributed by atoms with Gasteiger partial charge in [-0.3, -0.25) is 4.90 Å². The van der Waals surface area contributed by atoms with Gasteiger partial charge in [-0.05, 0) is 43.3 Å². The molecule has 0 N–H and O–H groups in total. The summed E-state index contributed by atoms with van der Waals surface area (Å²) in [5.41, 5.74) is 4.63. The fraction of sp³-hybridized carbons (Fsp3) is 0.286. The minimum atomic E-state index is 0.798. The van der Waals surface area contributed by atoms with Gasteiger partial charge < -0.3 is 4.90 Å². The first-order valence-corrected chi connectivity index (χ1v) is 9.41. The molecule has 4 nitrogen and oxygen atoms in total. The maximum atomic E-state index is 6.13. The van der Waals surface area contributed by atoms with E-state index >= 15 is 0 Å². The third-order valence-corrected chi connectivity index (χ3v) is 5.07. The number of anilines is 1. The molecule has 1 aromatic heterocycles. The molecule has 134 valence electrons. The summed E-state index contributed by atoms with van der Waals surface area (Å²) in [5.74, 6) is 0. The van der Waals surface area contributed by atoms with E-state index in [2.05, 4.69) is 62.9 Å². The topological polar surface area (TPSA) is 24.3 Å². The first-order chi connectivity index (χ1) is 12.7. The van der Waals surface area contributed by atoms with Crippen molar-refractivity contribution in [2.24, 2.45) is 0 Å². The van der Waals surface area contributed by atoms with E-state index in [4.69, 9.17) is 11.6 Å². The zero-order chi connectivity index (χ0) is 17.9. The number of piperazine rings is 1. The van der Waals surface area contributed by atoms with Crippen LogP contribution in [0.5, 0.6) is 0 Å². The lowest BCUT2D eigenvalue weighted by Crippen LogP contribution is -2.46. The first-order valence-electron chi connectivity index (χ1n) is 9.03. The average molecular weight is 367 g/mol. The van der Waals surface area contributed by atoms with Crippen molar-refractivity contribution in [3.63, 3.8) is 0 Å². The Kier molecular flexibility index (Phi) is 4.96. The molecule has 2 aromatic carbocycles. The lowest BCUT2D eigenvalue weighted by molar-refractivity contribution is 0.245. The normalized spacial score (nSPS) is 15.4. The van der Waals surface area contributed by atoms with Gasteiger partial charge in [0.1, 0.15) is 0 Å². The van der Waals surface area contributed by atoms with Crippen molar-refractivity contribution in [3.8, 4) is 5.69 Å². The lowest BCUT2D eigenvalue weighted by Gasteiger charge is -2.36. The van der Waals surface area contributed by atoms with E-state index in [1.165, 1.54) is 11.4 Å². The third kappa shape index (κ3) is 3.76. The van der Waals surface area contributed by atoms with Crippen molar-refractivity contribution >= 4 is 17.3 Å². The Bertz CT molecular complexity index is 867. The van der Waals surface area contributed by atoms with Crippen LogP contribution in [0.4, 0.5) is 5.69 Å². The molecule has 1 saturated heterocycles. The van der Waals surface area contributed by atoms with Gasteiger partial charge in [-0.25, -0.2) is 4.68 Å². The van der Waals surface area contributed by atoms with Crippen molar-refractivity contribution in [2.75, 3.05) is 31.1 Å². The van der Waals surface area contributed by atoms with Crippen LogP contribution in [-0.2, 0) is 6.54 Å². The highest BCUT2D eigenvalue weighted by atomic mass is 35.5. The van der Waals surface area contributed by atoms with Gasteiger partial charge in [0.05, 0.1) is 17.1 Å². The van der Waals surface area contributed by atoms with Gasteiger partial charge in [-0.15, -0.1) is 0 Å². The molecule has 2 heterocycles. The van der Waals surface area contributed by atoms with E-state index in [-0.39, 0.29) is 0 Å². The average Bonchev–Trinajstić information content (AvgIpc) is 3.03. The van der Waals surface area contributed by atoms with Gasteiger partial charge in [0.2, 0.25) is 0 Å². The summed E-state index contributed by atoms with van der Waals surface area (Å²) in [7, 11) is 0. The van der Waals surface area contributed by atoms with E-state index in [1.54, 1.807) is 0 Å². The SMILES string of the molecule is Cc1cc(CN2CCN(c3cccc(Cl)c3)CC2)n(-c2ccccc2)n1. The third-order valence-electron chi connectivity index (χ3n) is 4.84. The van der Waals surface area contributed by atoms with E-state index < -0.39 is 0 Å². The van der Waals surface area contributed by atoms with Crippen LogP contribution in [0.2, 0.25) is 5.02 Å². The predicted octanol–water partition coefficient (Wildman–Crippen LogP) is 4.16. The number of rotatable bonds is 4. The number of hydrogen-bond donors (Lipinski definition) is 0. The lowest BCUT2D eigenvalue weighted by atomic mass is 10.2. The molecule has 0 atom stereocenters. The van der Waals surface area contributed by atoms with Gasteiger partial charge in [-0.1, -0.05) is 35.9 Å². The van der Waals surface area contributed by atoms with Gasteiger partial charge in [0.15, 0.2) is 0 Å². The van der Waals surface area contributed by atoms with Crippen LogP contribution in [0.25, 0.3) is 5.69 Å². The molecule has 1 aliphatic heterocycles. The monoisotopic (exact) mass is 366 g/mol. The van der Waals surface area contributed by atoms with E-state index in [0.29, 0.717) is 0 Å². The first kappa shape index (κ1) is 17.1. The Morgan fingerprint density at radius 1 is 0.885 bits per heavy atom. The van der Waals surface area contributed by atoms with Crippen LogP contribution in [0.3, 0.4) is 0 Å². The summed E-state index contributed by atoms with van der Waals surface area (Å²) in [6.07, 6.45) is 0. The van der Waals surface area contributed by atoms with Crippen molar-refractivity contribution in [1.29, 1.82) is 0 Å². The standard InChI is InChI=1S/C21H23ClN4/c1-17-14-21(26(23-17)19-7-3-2-4-8-19)16-24-10-12-25(13-11-24)20-9-5-6-18(22)15-20/h2-9,14-15H,10-13,16H2,1H3. The quantitative estimate of drug-likeness (QED) is 0.693. The second-order valence-electron chi connectivity index (χ2n) is 6.77. The maximum absolute atomic E-state index is 6.13. The second kappa shape index (κ2) is 7.52. The zero-order valence-corrected chi connectivity index (χ0v) is 15.7. The largest absolute Gasteiger partial charge is 0.369 e. The zero-order valence-electron chi connectivity index (χ0n) is 15.0. The molecule has 4 rings (SSSR count). The number of aryl methyl sites for hydroxylation is 1. The summed E-state index contributed by atoms with van der Waals surface area (Å²) >= 11 is 6.13. The molecule has 3 aromatic rings. The van der Waals surface area contributed by atoms with Gasteiger partial charge in [0.25, 0.3) is 0 Å². The van der Waals surface area contributed by atoms with Crippen LogP contribution in [0.1, 0.15) is 11.4 Å².